The van der Waals surface area contributed by atoms with Crippen molar-refractivity contribution in [2.45, 2.75) is 103 Å². The van der Waals surface area contributed by atoms with Crippen LogP contribution in [0.4, 0.5) is 17.1 Å². The summed E-state index contributed by atoms with van der Waals surface area (Å²) < 4.78 is 5.58. The van der Waals surface area contributed by atoms with E-state index in [0.29, 0.717) is 29.3 Å². The van der Waals surface area contributed by atoms with Crippen LogP contribution in [-0.2, 0) is 19.4 Å². The highest BCUT2D eigenvalue weighted by Crippen LogP contribution is 2.50. The van der Waals surface area contributed by atoms with Crippen molar-refractivity contribution in [1.29, 1.82) is 0 Å². The van der Waals surface area contributed by atoms with Crippen LogP contribution >= 0.6 is 0 Å². The minimum absolute atomic E-state index is 0.206. The molecule has 63 heavy (non-hydrogen) atoms. The van der Waals surface area contributed by atoms with E-state index in [2.05, 4.69) is 212 Å². The van der Waals surface area contributed by atoms with Crippen LogP contribution in [0.2, 0.25) is 25.2 Å². The predicted molar refractivity (Wildman–Crippen MR) is 267 cm³/mol. The van der Waals surface area contributed by atoms with Gasteiger partial charge in [0, 0.05) is 57.4 Å². The molecule has 5 aromatic carbocycles. The lowest BCUT2D eigenvalue weighted by atomic mass is 9.68. The molecule has 4 heteroatoms. The fraction of sp³-hybridized carbons (Fsp3) is 0.322. The maximum atomic E-state index is 5.21. The standard InChI is InChI=1S/C59H65N3Si/c1-40(2)33-45-37-56-50-26-15-14-19-43(50)29-30-53-51-27-16-17-28-52(51)55-31-32-57(63(5,6)7)59(46-34-41(3)35-46)62(55)58(53)42(4)38-60(56)39-54(45)44-20-18-25-49(36-44)61(47-21-10-8-11-22-47)48-23-12-9-13-24-48/h8-28,31-32,36-37,39-41,46,53,57-59H,4,29-30,33-35,38H2,1-3,5-7H3/q+2. The average Bonchev–Trinajstić information content (AvgIpc) is 3.27. The van der Waals surface area contributed by atoms with E-state index in [1.54, 1.807) is 0 Å². The molecule has 6 aromatic rings. The van der Waals surface area contributed by atoms with E-state index in [4.69, 9.17) is 6.58 Å². The summed E-state index contributed by atoms with van der Waals surface area (Å²) in [4.78, 5) is 2.38. The van der Waals surface area contributed by atoms with Crippen LogP contribution < -0.4 is 9.47 Å². The molecule has 3 aliphatic heterocycles. The Morgan fingerprint density at radius 2 is 1.38 bits per heavy atom. The van der Waals surface area contributed by atoms with Crippen molar-refractivity contribution < 1.29 is 9.14 Å². The van der Waals surface area contributed by atoms with E-state index in [9.17, 15) is 0 Å². The molecule has 0 radical (unpaired) electrons. The number of para-hydroxylation sites is 2. The second-order valence-corrected chi connectivity index (χ2v) is 26.1. The summed E-state index contributed by atoms with van der Waals surface area (Å²) in [5.41, 5.74) is 17.8. The Kier molecular flexibility index (Phi) is 11.1. The lowest BCUT2D eigenvalue weighted by Gasteiger charge is -2.47. The quantitative estimate of drug-likeness (QED) is 0.0843. The molecule has 0 saturated heterocycles. The summed E-state index contributed by atoms with van der Waals surface area (Å²) in [7, 11) is -1.58. The summed E-state index contributed by atoms with van der Waals surface area (Å²) in [5.74, 6) is 2.35. The number of aryl methyl sites for hydroxylation is 1. The number of nitrogens with zero attached hydrogens (tertiary/aromatic N) is 3. The van der Waals surface area contributed by atoms with Gasteiger partial charge in [-0.3, -0.25) is 0 Å². The lowest BCUT2D eigenvalue weighted by molar-refractivity contribution is -0.684. The van der Waals surface area contributed by atoms with E-state index in [0.717, 1.165) is 48.8 Å². The molecule has 0 spiro atoms. The van der Waals surface area contributed by atoms with Crippen molar-refractivity contribution in [2.24, 2.45) is 17.8 Å². The van der Waals surface area contributed by atoms with Gasteiger partial charge in [-0.25, -0.2) is 4.58 Å². The first kappa shape index (κ1) is 41.4. The molecular weight excluding hydrogens is 779 g/mol. The van der Waals surface area contributed by atoms with E-state index < -0.39 is 8.07 Å². The molecule has 3 nitrogen and oxygen atoms in total. The van der Waals surface area contributed by atoms with Gasteiger partial charge >= 0.3 is 0 Å². The smallest absolute Gasteiger partial charge is 0.213 e. The molecule has 1 aliphatic carbocycles. The Morgan fingerprint density at radius 3 is 2.06 bits per heavy atom. The van der Waals surface area contributed by atoms with Crippen molar-refractivity contribution in [3.8, 4) is 22.4 Å². The molecular formula is C59H65N3Si+2. The fourth-order valence-electron chi connectivity index (χ4n) is 12.0. The summed E-state index contributed by atoms with van der Waals surface area (Å²) in [5, 5.41) is 0. The molecule has 4 heterocycles. The van der Waals surface area contributed by atoms with E-state index >= 15 is 0 Å². The normalized spacial score (nSPS) is 22.9. The Hall–Kier alpha value is -5.58. The maximum Gasteiger partial charge on any atom is 0.213 e. The maximum absolute atomic E-state index is 5.21. The van der Waals surface area contributed by atoms with Crippen LogP contribution in [-0.4, -0.2) is 30.4 Å². The van der Waals surface area contributed by atoms with Gasteiger partial charge in [0.05, 0.1) is 19.6 Å². The van der Waals surface area contributed by atoms with E-state index in [-0.39, 0.29) is 6.04 Å². The third kappa shape index (κ3) is 7.79. The molecule has 318 valence electrons. The van der Waals surface area contributed by atoms with Crippen LogP contribution in [0.1, 0.15) is 68.2 Å². The zero-order valence-electron chi connectivity index (χ0n) is 38.3. The Bertz CT molecular complexity index is 2680. The minimum atomic E-state index is -1.58. The number of benzene rings is 5. The average molecular weight is 844 g/mol. The van der Waals surface area contributed by atoms with Gasteiger partial charge in [-0.05, 0) is 115 Å². The topological polar surface area (TPSA) is 10.1 Å². The molecule has 1 aromatic heterocycles. The minimum Gasteiger partial charge on any atom is -0.310 e. The van der Waals surface area contributed by atoms with Gasteiger partial charge in [-0.2, -0.15) is 4.57 Å². The van der Waals surface area contributed by atoms with Crippen LogP contribution in [0, 0.1) is 17.8 Å². The second kappa shape index (κ2) is 16.8. The molecule has 0 amide bonds. The van der Waals surface area contributed by atoms with Gasteiger partial charge in [0.15, 0.2) is 24.8 Å². The van der Waals surface area contributed by atoms with Gasteiger partial charge < -0.3 is 4.90 Å². The third-order valence-corrected chi connectivity index (χ3v) is 17.3. The van der Waals surface area contributed by atoms with Crippen molar-refractivity contribution in [3.05, 3.63) is 192 Å². The van der Waals surface area contributed by atoms with Crippen LogP contribution in [0.15, 0.2) is 170 Å². The molecule has 10 rings (SSSR count). The number of hydrogen-bond acceptors (Lipinski definition) is 1. The molecule has 1 saturated carbocycles. The van der Waals surface area contributed by atoms with Crippen molar-refractivity contribution in [1.82, 2.24) is 0 Å². The fourth-order valence-corrected chi connectivity index (χ4v) is 14.1. The largest absolute Gasteiger partial charge is 0.310 e. The first-order chi connectivity index (χ1) is 30.5. The first-order valence-corrected chi connectivity index (χ1v) is 27.4. The highest BCUT2D eigenvalue weighted by atomic mass is 28.3. The van der Waals surface area contributed by atoms with Gasteiger partial charge in [0.2, 0.25) is 11.4 Å². The molecule has 4 atom stereocenters. The molecule has 4 aliphatic rings. The lowest BCUT2D eigenvalue weighted by Crippen LogP contribution is -2.58. The summed E-state index contributed by atoms with van der Waals surface area (Å²) in [6.07, 6.45) is 13.5. The number of rotatable bonds is 8. The monoisotopic (exact) mass is 843 g/mol. The number of anilines is 3. The highest BCUT2D eigenvalue weighted by Gasteiger charge is 2.55. The SMILES string of the molecule is C=C1C[n+]2cc(-c3cccc(N(c4ccccc4)c4ccccc4)c3)c(CC(C)C)cc2-c2ccccc2CCC2c3ccccc3C3=[N+](C12)C(C1CC(C)C1)C([Si](C)(C)C)C=C3. The first-order valence-electron chi connectivity index (χ1n) is 23.8. The summed E-state index contributed by atoms with van der Waals surface area (Å²) in [6.45, 7) is 21.0. The van der Waals surface area contributed by atoms with Crippen molar-refractivity contribution in [3.63, 3.8) is 0 Å². The molecule has 1 fully saturated rings. The Balaban J connectivity index is 1.15. The van der Waals surface area contributed by atoms with Crippen LogP contribution in [0.3, 0.4) is 0 Å². The number of allylic oxidation sites excluding steroid dienone is 1. The van der Waals surface area contributed by atoms with Gasteiger partial charge in [-0.1, -0.05) is 138 Å². The van der Waals surface area contributed by atoms with Crippen molar-refractivity contribution in [2.75, 3.05) is 4.90 Å². The summed E-state index contributed by atoms with van der Waals surface area (Å²) >= 11 is 0. The van der Waals surface area contributed by atoms with E-state index in [1.165, 1.54) is 68.8 Å². The van der Waals surface area contributed by atoms with Gasteiger partial charge in [-0.15, -0.1) is 0 Å². The van der Waals surface area contributed by atoms with Crippen molar-refractivity contribution >= 4 is 30.8 Å². The Labute approximate surface area is 378 Å². The molecule has 0 N–H and O–H groups in total. The van der Waals surface area contributed by atoms with Crippen LogP contribution in [0.25, 0.3) is 22.4 Å². The molecule has 4 unspecified atom stereocenters. The second-order valence-electron chi connectivity index (χ2n) is 20.7. The van der Waals surface area contributed by atoms with E-state index in [1.807, 2.05) is 0 Å². The predicted octanol–water partition coefficient (Wildman–Crippen LogP) is 14.1. The molecule has 0 bridgehead atoms. The van der Waals surface area contributed by atoms with Gasteiger partial charge in [0.25, 0.3) is 0 Å². The third-order valence-electron chi connectivity index (χ3n) is 14.8. The van der Waals surface area contributed by atoms with Crippen LogP contribution in [0.5, 0.6) is 0 Å². The van der Waals surface area contributed by atoms with Gasteiger partial charge in [0.1, 0.15) is 0 Å². The zero-order valence-corrected chi connectivity index (χ0v) is 39.3. The zero-order chi connectivity index (χ0) is 43.4. The number of pyridine rings is 1. The summed E-state index contributed by atoms with van der Waals surface area (Å²) in [6, 6.07) is 52.7. The Morgan fingerprint density at radius 1 is 0.730 bits per heavy atom. The number of hydrogen-bond donors (Lipinski definition) is 0. The number of aromatic nitrogens is 1. The number of fused-ring (bicyclic) bond motifs is 8. The highest BCUT2D eigenvalue weighted by molar-refractivity contribution is 6.78.